The minimum Gasteiger partial charge on any atom is -0.633 e. The van der Waals surface area contributed by atoms with Crippen molar-refractivity contribution in [2.45, 2.75) is 12.8 Å². The number of nitriles is 1. The summed E-state index contributed by atoms with van der Waals surface area (Å²) in [5.41, 5.74) is 4.70. The number of allylic oxidation sites excluding steroid dienone is 6. The molecule has 0 saturated carbocycles. The number of piperazine rings is 1. The molecular formula is C19H22N4OS. The fraction of sp³-hybridized carbons (Fsp3) is 0.474. The van der Waals surface area contributed by atoms with Gasteiger partial charge in [-0.05, 0) is 29.9 Å². The number of likely N-dealkylation sites (N-methyl/N-ethyl adjacent to an activating group) is 1. The number of hydrogen-bond acceptors (Lipinski definition) is 5. The van der Waals surface area contributed by atoms with Crippen LogP contribution in [0.5, 0.6) is 0 Å². The van der Waals surface area contributed by atoms with Gasteiger partial charge < -0.3 is 14.8 Å². The second-order valence-electron chi connectivity index (χ2n) is 7.39. The van der Waals surface area contributed by atoms with Crippen molar-refractivity contribution in [3.05, 3.63) is 51.4 Å². The zero-order chi connectivity index (χ0) is 17.5. The Balaban J connectivity index is 1.69. The molecule has 4 aliphatic rings. The van der Waals surface area contributed by atoms with E-state index in [2.05, 4.69) is 28.5 Å². The predicted molar refractivity (Wildman–Crippen MR) is 101 cm³/mol. The first-order valence-electron chi connectivity index (χ1n) is 8.70. The highest BCUT2D eigenvalue weighted by atomic mass is 32.2. The van der Waals surface area contributed by atoms with Crippen LogP contribution in [0.2, 0.25) is 0 Å². The summed E-state index contributed by atoms with van der Waals surface area (Å²) >= 11 is 1.83. The van der Waals surface area contributed by atoms with Crippen LogP contribution in [0.4, 0.5) is 0 Å². The topological polar surface area (TPSA) is 62.4 Å². The highest BCUT2D eigenvalue weighted by Crippen LogP contribution is 2.56. The Hall–Kier alpha value is -1.81. The molecule has 1 aliphatic carbocycles. The summed E-state index contributed by atoms with van der Waals surface area (Å²) in [6.07, 6.45) is 9.57. The van der Waals surface area contributed by atoms with Gasteiger partial charge in [0, 0.05) is 29.4 Å². The van der Waals surface area contributed by atoms with Crippen LogP contribution in [-0.4, -0.2) is 54.7 Å². The van der Waals surface area contributed by atoms with Crippen LogP contribution in [0.15, 0.2) is 51.2 Å². The highest BCUT2D eigenvalue weighted by molar-refractivity contribution is 8.02. The Morgan fingerprint density at radius 2 is 2.24 bits per heavy atom. The fourth-order valence-electron chi connectivity index (χ4n) is 4.16. The van der Waals surface area contributed by atoms with E-state index in [-0.39, 0.29) is 10.1 Å². The van der Waals surface area contributed by atoms with Crippen molar-refractivity contribution < 1.29 is 4.65 Å². The minimum absolute atomic E-state index is 0.127. The van der Waals surface area contributed by atoms with E-state index in [1.54, 1.807) is 13.1 Å². The maximum atomic E-state index is 12.2. The van der Waals surface area contributed by atoms with Crippen LogP contribution in [-0.2, 0) is 0 Å². The number of aliphatic imine (C=N–C) groups is 1. The Morgan fingerprint density at radius 3 is 3.00 bits per heavy atom. The van der Waals surface area contributed by atoms with E-state index in [1.807, 2.05) is 18.0 Å². The summed E-state index contributed by atoms with van der Waals surface area (Å²) in [5.74, 6) is 0.967. The van der Waals surface area contributed by atoms with E-state index in [0.29, 0.717) is 13.1 Å². The van der Waals surface area contributed by atoms with E-state index in [1.165, 1.54) is 16.8 Å². The first-order chi connectivity index (χ1) is 12.0. The van der Waals surface area contributed by atoms with Gasteiger partial charge in [0.25, 0.3) is 0 Å². The number of hydroxylamine groups is 3. The monoisotopic (exact) mass is 354 g/mol. The van der Waals surface area contributed by atoms with Gasteiger partial charge in [-0.1, -0.05) is 11.6 Å². The fourth-order valence-corrected chi connectivity index (χ4v) is 5.44. The molecule has 1 saturated heterocycles. The molecule has 5 nitrogen and oxygen atoms in total. The van der Waals surface area contributed by atoms with Crippen molar-refractivity contribution in [2.24, 2.45) is 10.4 Å². The normalized spacial score (nSPS) is 32.1. The Kier molecular flexibility index (Phi) is 4.11. The van der Waals surface area contributed by atoms with Crippen molar-refractivity contribution >= 4 is 18.0 Å². The molecule has 1 spiro atoms. The van der Waals surface area contributed by atoms with E-state index in [0.717, 1.165) is 37.4 Å². The molecular weight excluding hydrogens is 332 g/mol. The summed E-state index contributed by atoms with van der Waals surface area (Å²) < 4.78 is -0.156. The molecule has 3 heterocycles. The molecule has 0 aromatic heterocycles. The third-order valence-electron chi connectivity index (χ3n) is 5.64. The Bertz CT molecular complexity index is 774. The van der Waals surface area contributed by atoms with Crippen molar-refractivity contribution in [3.8, 4) is 6.07 Å². The number of thioether (sulfide) groups is 1. The average molecular weight is 354 g/mol. The lowest BCUT2D eigenvalue weighted by atomic mass is 9.70. The Labute approximate surface area is 152 Å². The lowest BCUT2D eigenvalue weighted by Gasteiger charge is -2.47. The molecule has 6 heteroatoms. The van der Waals surface area contributed by atoms with E-state index < -0.39 is 0 Å². The summed E-state index contributed by atoms with van der Waals surface area (Å²) in [5, 5.41) is 23.5. The molecule has 0 N–H and O–H groups in total. The number of nitrogens with zero attached hydrogens (tertiary/aromatic N) is 4. The maximum absolute atomic E-state index is 12.2. The average Bonchev–Trinajstić information content (AvgIpc) is 2.91. The summed E-state index contributed by atoms with van der Waals surface area (Å²) in [6.45, 7) is 2.78. The maximum Gasteiger partial charge on any atom is 0.0960 e. The largest absolute Gasteiger partial charge is 0.633 e. The zero-order valence-electron chi connectivity index (χ0n) is 14.4. The molecule has 1 unspecified atom stereocenters. The van der Waals surface area contributed by atoms with Gasteiger partial charge in [0.2, 0.25) is 0 Å². The number of quaternary nitrogens is 1. The molecule has 4 rings (SSSR count). The first kappa shape index (κ1) is 16.6. The van der Waals surface area contributed by atoms with Crippen LogP contribution in [0.3, 0.4) is 0 Å². The van der Waals surface area contributed by atoms with Crippen LogP contribution < -0.4 is 0 Å². The first-order valence-corrected chi connectivity index (χ1v) is 9.75. The van der Waals surface area contributed by atoms with Crippen molar-refractivity contribution in [3.63, 3.8) is 0 Å². The molecule has 1 fully saturated rings. The van der Waals surface area contributed by atoms with E-state index in [9.17, 15) is 5.21 Å². The number of hydrogen-bond donors (Lipinski definition) is 0. The van der Waals surface area contributed by atoms with Crippen LogP contribution in [0.25, 0.3) is 0 Å². The van der Waals surface area contributed by atoms with Crippen molar-refractivity contribution in [1.29, 1.82) is 5.26 Å². The van der Waals surface area contributed by atoms with Gasteiger partial charge in [-0.3, -0.25) is 4.99 Å². The quantitative estimate of drug-likeness (QED) is 0.413. The SMILES string of the molecule is C[N+]1([O-])CCN(C2=CC=NC3=CCC(=CC#N)CC34CSC=C24)CC1. The minimum atomic E-state index is -0.156. The van der Waals surface area contributed by atoms with Crippen LogP contribution in [0, 0.1) is 22.0 Å². The molecule has 0 aromatic rings. The smallest absolute Gasteiger partial charge is 0.0960 e. The van der Waals surface area contributed by atoms with Crippen LogP contribution >= 0.6 is 11.8 Å². The van der Waals surface area contributed by atoms with E-state index in [4.69, 9.17) is 10.3 Å². The molecule has 0 radical (unpaired) electrons. The second kappa shape index (κ2) is 6.17. The van der Waals surface area contributed by atoms with Gasteiger partial charge in [0.15, 0.2) is 0 Å². The summed E-state index contributed by atoms with van der Waals surface area (Å²) in [4.78, 5) is 7.09. The van der Waals surface area contributed by atoms with Gasteiger partial charge in [0.05, 0.1) is 44.7 Å². The van der Waals surface area contributed by atoms with Crippen LogP contribution in [0.1, 0.15) is 12.8 Å². The highest BCUT2D eigenvalue weighted by Gasteiger charge is 2.46. The number of rotatable bonds is 1. The van der Waals surface area contributed by atoms with Crippen molar-refractivity contribution in [2.75, 3.05) is 39.0 Å². The molecule has 0 amide bonds. The second-order valence-corrected chi connectivity index (χ2v) is 8.25. The Morgan fingerprint density at radius 1 is 1.44 bits per heavy atom. The van der Waals surface area contributed by atoms with Gasteiger partial charge >= 0.3 is 0 Å². The molecule has 25 heavy (non-hydrogen) atoms. The lowest BCUT2D eigenvalue weighted by Crippen LogP contribution is -2.53. The summed E-state index contributed by atoms with van der Waals surface area (Å²) in [7, 11) is 1.76. The predicted octanol–water partition coefficient (Wildman–Crippen LogP) is 2.96. The third kappa shape index (κ3) is 2.86. The third-order valence-corrected chi connectivity index (χ3v) is 6.70. The lowest BCUT2D eigenvalue weighted by molar-refractivity contribution is -0.865. The summed E-state index contributed by atoms with van der Waals surface area (Å²) in [6, 6.07) is 2.19. The van der Waals surface area contributed by atoms with Crippen molar-refractivity contribution in [1.82, 2.24) is 4.90 Å². The van der Waals surface area contributed by atoms with E-state index >= 15 is 0 Å². The van der Waals surface area contributed by atoms with Gasteiger partial charge in [0.1, 0.15) is 0 Å². The standard InChI is InChI=1S/C19H22N4OS/c1-23(24)10-8-22(9-11-23)17-5-7-21-18-3-2-15(4-6-20)12-19(18)14-25-13-16(17)19/h3-5,7,13H,2,8-12,14H2,1H3. The molecule has 3 aliphatic heterocycles. The molecule has 0 aromatic carbocycles. The molecule has 0 bridgehead atoms. The zero-order valence-corrected chi connectivity index (χ0v) is 15.3. The van der Waals surface area contributed by atoms with Gasteiger partial charge in [-0.25, -0.2) is 0 Å². The van der Waals surface area contributed by atoms with Gasteiger partial charge in [-0.2, -0.15) is 5.26 Å². The molecule has 130 valence electrons. The van der Waals surface area contributed by atoms with Gasteiger partial charge in [-0.15, -0.1) is 11.8 Å². The molecule has 1 atom stereocenters.